The van der Waals surface area contributed by atoms with E-state index in [0.29, 0.717) is 17.3 Å². The quantitative estimate of drug-likeness (QED) is 0.700. The third kappa shape index (κ3) is 5.87. The summed E-state index contributed by atoms with van der Waals surface area (Å²) in [6.45, 7) is 4.94. The highest BCUT2D eigenvalue weighted by Crippen LogP contribution is 2.26. The van der Waals surface area contributed by atoms with E-state index in [-0.39, 0.29) is 6.54 Å². The van der Waals surface area contributed by atoms with Crippen molar-refractivity contribution in [3.63, 3.8) is 0 Å². The highest BCUT2D eigenvalue weighted by atomic mass is 35.5. The summed E-state index contributed by atoms with van der Waals surface area (Å²) in [7, 11) is -3.66. The number of carbonyl (C=O) groups excluding carboxylic acids is 1. The van der Waals surface area contributed by atoms with Gasteiger partial charge >= 0.3 is 0 Å². The predicted octanol–water partition coefficient (Wildman–Crippen LogP) is 2.57. The minimum atomic E-state index is -3.66. The maximum atomic E-state index is 12.5. The van der Waals surface area contributed by atoms with Crippen molar-refractivity contribution in [2.45, 2.75) is 13.5 Å². The van der Waals surface area contributed by atoms with E-state index >= 15 is 0 Å². The number of rotatable bonds is 7. The number of nitrogens with zero attached hydrogens (tertiary/aromatic N) is 2. The molecule has 0 radical (unpaired) electrons. The van der Waals surface area contributed by atoms with Gasteiger partial charge < -0.3 is 15.0 Å². The van der Waals surface area contributed by atoms with Crippen LogP contribution in [0.15, 0.2) is 42.5 Å². The Kier molecular flexibility index (Phi) is 7.23. The van der Waals surface area contributed by atoms with E-state index in [2.05, 4.69) is 10.2 Å². The molecule has 1 fully saturated rings. The molecule has 0 atom stereocenters. The second-order valence-corrected chi connectivity index (χ2v) is 9.59. The van der Waals surface area contributed by atoms with Crippen LogP contribution < -0.4 is 14.5 Å². The van der Waals surface area contributed by atoms with Crippen LogP contribution in [-0.4, -0.2) is 53.4 Å². The summed E-state index contributed by atoms with van der Waals surface area (Å²) in [4.78, 5) is 14.7. The fourth-order valence-corrected chi connectivity index (χ4v) is 4.34. The van der Waals surface area contributed by atoms with Gasteiger partial charge in [0.05, 0.1) is 25.2 Å². The number of carbonyl (C=O) groups is 1. The molecule has 162 valence electrons. The van der Waals surface area contributed by atoms with Crippen LogP contribution in [-0.2, 0) is 26.1 Å². The number of hydrogen-bond donors (Lipinski definition) is 1. The van der Waals surface area contributed by atoms with E-state index in [1.165, 1.54) is 0 Å². The summed E-state index contributed by atoms with van der Waals surface area (Å²) in [5.41, 5.74) is 3.17. The summed E-state index contributed by atoms with van der Waals surface area (Å²) in [5, 5.41) is 3.20. The number of benzene rings is 2. The summed E-state index contributed by atoms with van der Waals surface area (Å²) >= 11 is 6.03. The number of ether oxygens (including phenoxy) is 1. The fourth-order valence-electron chi connectivity index (χ4n) is 3.27. The Bertz CT molecular complexity index is 990. The first kappa shape index (κ1) is 22.4. The van der Waals surface area contributed by atoms with Gasteiger partial charge in [0, 0.05) is 30.3 Å². The fraction of sp³-hybridized carbons (Fsp3) is 0.381. The molecule has 2 aromatic rings. The van der Waals surface area contributed by atoms with Gasteiger partial charge in [-0.25, -0.2) is 8.42 Å². The van der Waals surface area contributed by atoms with Crippen molar-refractivity contribution in [2.75, 3.05) is 48.3 Å². The average Bonchev–Trinajstić information content (AvgIpc) is 2.72. The summed E-state index contributed by atoms with van der Waals surface area (Å²) < 4.78 is 31.0. The lowest BCUT2D eigenvalue weighted by Crippen LogP contribution is -2.40. The Morgan fingerprint density at radius 3 is 2.47 bits per heavy atom. The van der Waals surface area contributed by atoms with E-state index in [9.17, 15) is 13.2 Å². The molecule has 0 bridgehead atoms. The van der Waals surface area contributed by atoms with Crippen molar-refractivity contribution in [3.8, 4) is 0 Å². The zero-order valence-corrected chi connectivity index (χ0v) is 18.7. The number of sulfonamides is 1. The molecule has 2 aromatic carbocycles. The van der Waals surface area contributed by atoms with Crippen molar-refractivity contribution in [1.29, 1.82) is 0 Å². The largest absolute Gasteiger partial charge is 0.378 e. The summed E-state index contributed by atoms with van der Waals surface area (Å²) in [5.74, 6) is -0.392. The highest BCUT2D eigenvalue weighted by molar-refractivity contribution is 7.92. The predicted molar refractivity (Wildman–Crippen MR) is 120 cm³/mol. The molecule has 1 saturated heterocycles. The maximum absolute atomic E-state index is 12.5. The Morgan fingerprint density at radius 1 is 1.17 bits per heavy atom. The van der Waals surface area contributed by atoms with Gasteiger partial charge in [-0.1, -0.05) is 29.8 Å². The first-order valence-electron chi connectivity index (χ1n) is 9.66. The Hall–Kier alpha value is -2.29. The maximum Gasteiger partial charge on any atom is 0.241 e. The normalized spacial score (nSPS) is 14.4. The van der Waals surface area contributed by atoms with Gasteiger partial charge in [-0.2, -0.15) is 0 Å². The van der Waals surface area contributed by atoms with E-state index in [0.717, 1.165) is 53.7 Å². The molecule has 30 heavy (non-hydrogen) atoms. The van der Waals surface area contributed by atoms with E-state index in [1.807, 2.05) is 24.3 Å². The van der Waals surface area contributed by atoms with Crippen molar-refractivity contribution >= 4 is 38.9 Å². The third-order valence-electron chi connectivity index (χ3n) is 4.93. The van der Waals surface area contributed by atoms with E-state index in [4.69, 9.17) is 16.3 Å². The van der Waals surface area contributed by atoms with Gasteiger partial charge in [-0.15, -0.1) is 0 Å². The number of aryl methyl sites for hydroxylation is 1. The SMILES string of the molecule is Cc1ccc(Cl)cc1N(CC(=O)NCc1ccc(N2CCOCC2)cc1)S(C)(=O)=O. The van der Waals surface area contributed by atoms with Crippen LogP contribution in [0.4, 0.5) is 11.4 Å². The van der Waals surface area contributed by atoms with Crippen molar-refractivity contribution < 1.29 is 17.9 Å². The molecular weight excluding hydrogens is 426 g/mol. The van der Waals surface area contributed by atoms with Crippen LogP contribution in [0.2, 0.25) is 5.02 Å². The molecule has 0 aliphatic carbocycles. The van der Waals surface area contributed by atoms with Crippen LogP contribution in [0.25, 0.3) is 0 Å². The minimum Gasteiger partial charge on any atom is -0.378 e. The van der Waals surface area contributed by atoms with Crippen molar-refractivity contribution in [2.24, 2.45) is 0 Å². The summed E-state index contributed by atoms with van der Waals surface area (Å²) in [6.07, 6.45) is 1.07. The van der Waals surface area contributed by atoms with Crippen molar-refractivity contribution in [1.82, 2.24) is 5.32 Å². The molecule has 0 unspecified atom stereocenters. The third-order valence-corrected chi connectivity index (χ3v) is 6.29. The van der Waals surface area contributed by atoms with Crippen LogP contribution in [0.5, 0.6) is 0 Å². The molecule has 1 aliphatic rings. The second-order valence-electron chi connectivity index (χ2n) is 7.24. The van der Waals surface area contributed by atoms with Crippen molar-refractivity contribution in [3.05, 3.63) is 58.6 Å². The first-order valence-corrected chi connectivity index (χ1v) is 11.9. The standard InChI is InChI=1S/C21H26ClN3O4S/c1-16-3-6-18(22)13-20(16)25(30(2,27)28)15-21(26)23-14-17-4-7-19(8-5-17)24-9-11-29-12-10-24/h3-8,13H,9-12,14-15H2,1-2H3,(H,23,26). The lowest BCUT2D eigenvalue weighted by atomic mass is 10.2. The van der Waals surface area contributed by atoms with Crippen LogP contribution in [0, 0.1) is 6.92 Å². The molecular formula is C21H26ClN3O4S. The molecule has 1 aliphatic heterocycles. The first-order chi connectivity index (χ1) is 14.2. The van der Waals surface area contributed by atoms with Gasteiger partial charge in [0.1, 0.15) is 6.54 Å². The Balaban J connectivity index is 1.62. The highest BCUT2D eigenvalue weighted by Gasteiger charge is 2.22. The van der Waals surface area contributed by atoms with Gasteiger partial charge in [-0.05, 0) is 42.3 Å². The number of hydrogen-bond acceptors (Lipinski definition) is 5. The average molecular weight is 452 g/mol. The number of halogens is 1. The smallest absolute Gasteiger partial charge is 0.241 e. The van der Waals surface area contributed by atoms with Gasteiger partial charge in [0.2, 0.25) is 15.9 Å². The van der Waals surface area contributed by atoms with Gasteiger partial charge in [-0.3, -0.25) is 9.10 Å². The van der Waals surface area contributed by atoms with Crippen LogP contribution >= 0.6 is 11.6 Å². The molecule has 1 N–H and O–H groups in total. The number of anilines is 2. The molecule has 1 heterocycles. The zero-order chi connectivity index (χ0) is 21.7. The van der Waals surface area contributed by atoms with Crippen LogP contribution in [0.1, 0.15) is 11.1 Å². The number of morpholine rings is 1. The lowest BCUT2D eigenvalue weighted by molar-refractivity contribution is -0.119. The zero-order valence-electron chi connectivity index (χ0n) is 17.1. The molecule has 1 amide bonds. The molecule has 7 nitrogen and oxygen atoms in total. The number of nitrogens with one attached hydrogen (secondary N) is 1. The van der Waals surface area contributed by atoms with Gasteiger partial charge in [0.15, 0.2) is 0 Å². The minimum absolute atomic E-state index is 0.314. The second kappa shape index (κ2) is 9.68. The van der Waals surface area contributed by atoms with Crippen LogP contribution in [0.3, 0.4) is 0 Å². The summed E-state index contributed by atoms with van der Waals surface area (Å²) in [6, 6.07) is 12.9. The topological polar surface area (TPSA) is 79.0 Å². The van der Waals surface area contributed by atoms with E-state index in [1.54, 1.807) is 25.1 Å². The lowest BCUT2D eigenvalue weighted by Gasteiger charge is -2.29. The van der Waals surface area contributed by atoms with E-state index < -0.39 is 15.9 Å². The number of amides is 1. The molecule has 0 aromatic heterocycles. The molecule has 0 spiro atoms. The molecule has 9 heteroatoms. The monoisotopic (exact) mass is 451 g/mol. The molecule has 3 rings (SSSR count). The Morgan fingerprint density at radius 2 is 1.83 bits per heavy atom. The van der Waals surface area contributed by atoms with Gasteiger partial charge in [0.25, 0.3) is 0 Å². The Labute approximate surface area is 182 Å². The molecule has 0 saturated carbocycles.